The summed E-state index contributed by atoms with van der Waals surface area (Å²) < 4.78 is 40.4. The van der Waals surface area contributed by atoms with Crippen molar-refractivity contribution in [2.75, 3.05) is 6.61 Å². The van der Waals surface area contributed by atoms with Crippen LogP contribution in [0.5, 0.6) is 0 Å². The number of ether oxygens (including phenoxy) is 7. The van der Waals surface area contributed by atoms with E-state index in [0.29, 0.717) is 25.7 Å². The predicted octanol–water partition coefficient (Wildman–Crippen LogP) is 2.04. The van der Waals surface area contributed by atoms with E-state index >= 15 is 0 Å². The van der Waals surface area contributed by atoms with Gasteiger partial charge in [0.05, 0.1) is 31.0 Å². The summed E-state index contributed by atoms with van der Waals surface area (Å²) in [4.78, 5) is 24.1. The van der Waals surface area contributed by atoms with Crippen LogP contribution >= 0.6 is 0 Å². The summed E-state index contributed by atoms with van der Waals surface area (Å²) in [6, 6.07) is 0. The molecule has 0 amide bonds. The highest BCUT2D eigenvalue weighted by atomic mass is 16.7. The summed E-state index contributed by atoms with van der Waals surface area (Å²) in [6.07, 6.45) is -7.67. The van der Waals surface area contributed by atoms with E-state index in [9.17, 15) is 35.1 Å². The van der Waals surface area contributed by atoms with Crippen LogP contribution in [0, 0.1) is 0 Å². The van der Waals surface area contributed by atoms with Crippen molar-refractivity contribution < 1.29 is 68.3 Å². The Kier molecular flexibility index (Phi) is 16.8. The highest BCUT2D eigenvalue weighted by molar-refractivity contribution is 5.82. The first-order chi connectivity index (χ1) is 22.2. The first-order valence-corrected chi connectivity index (χ1v) is 16.9. The van der Waals surface area contributed by atoms with Gasteiger partial charge in [0, 0.05) is 12.5 Å². The minimum atomic E-state index is -1.56. The second-order valence-corrected chi connectivity index (χ2v) is 14.7. The molecular weight excluding hydrogens is 632 g/mol. The molecule has 2 rings (SSSR count). The van der Waals surface area contributed by atoms with Crippen molar-refractivity contribution in [2.45, 2.75) is 186 Å². The number of rotatable bonds is 16. The maximum atomic E-state index is 12.1. The summed E-state index contributed by atoms with van der Waals surface area (Å²) >= 11 is 0. The third-order valence-corrected chi connectivity index (χ3v) is 7.74. The SMILES string of the molecule is CC(CCCCC(=O)OC(C)(C)C)O[C@@H]1OC(C)[C@H](O)C(O)[C@@H]1OCC(CC/C=C/C(=O)OC(C)(C)C)O[C@@H]1OC(C)[C@@H](O)C(O)[C@@H]1O. The molecule has 2 fully saturated rings. The minimum absolute atomic E-state index is 0.184. The van der Waals surface area contributed by atoms with Gasteiger partial charge in [-0.1, -0.05) is 12.5 Å². The molecule has 0 aromatic carbocycles. The molecule has 2 aliphatic rings. The van der Waals surface area contributed by atoms with E-state index in [1.165, 1.54) is 13.0 Å². The van der Waals surface area contributed by atoms with Crippen LogP contribution in [0.3, 0.4) is 0 Å². The topological polar surface area (TPSA) is 200 Å². The maximum absolute atomic E-state index is 12.1. The third-order valence-electron chi connectivity index (χ3n) is 7.74. The molecule has 0 radical (unpaired) electrons. The third kappa shape index (κ3) is 14.6. The van der Waals surface area contributed by atoms with E-state index in [2.05, 4.69) is 0 Å². The molecule has 2 aliphatic heterocycles. The molecule has 12 atom stereocenters. The molecule has 2 heterocycles. The second kappa shape index (κ2) is 19.0. The monoisotopic (exact) mass is 692 g/mol. The lowest BCUT2D eigenvalue weighted by molar-refractivity contribution is -0.326. The number of carbonyl (C=O) groups is 2. The predicted molar refractivity (Wildman–Crippen MR) is 172 cm³/mol. The van der Waals surface area contributed by atoms with Crippen LogP contribution < -0.4 is 0 Å². The number of aliphatic hydroxyl groups excluding tert-OH is 5. The summed E-state index contributed by atoms with van der Waals surface area (Å²) in [5, 5.41) is 52.5. The highest BCUT2D eigenvalue weighted by Gasteiger charge is 2.46. The van der Waals surface area contributed by atoms with Crippen molar-refractivity contribution in [3.8, 4) is 0 Å². The number of aliphatic hydroxyl groups is 5. The van der Waals surface area contributed by atoms with Crippen LogP contribution in [-0.2, 0) is 42.7 Å². The number of carbonyl (C=O) groups excluding carboxylic acids is 2. The van der Waals surface area contributed by atoms with Crippen molar-refractivity contribution in [1.29, 1.82) is 0 Å². The lowest BCUT2D eigenvalue weighted by atomic mass is 9.99. The Hall–Kier alpha value is -1.72. The Balaban J connectivity index is 2.08. The van der Waals surface area contributed by atoms with Gasteiger partial charge in [0.15, 0.2) is 12.6 Å². The van der Waals surface area contributed by atoms with Gasteiger partial charge in [-0.15, -0.1) is 0 Å². The molecule has 2 saturated heterocycles. The van der Waals surface area contributed by atoms with Gasteiger partial charge in [-0.3, -0.25) is 4.79 Å². The number of unbranched alkanes of at least 4 members (excludes halogenated alkanes) is 1. The fraction of sp³-hybridized carbons (Fsp3) is 0.882. The van der Waals surface area contributed by atoms with E-state index in [0.717, 1.165) is 0 Å². The first kappa shape index (κ1) is 42.4. The number of hydrogen-bond acceptors (Lipinski definition) is 14. The van der Waals surface area contributed by atoms with E-state index in [1.807, 2.05) is 27.7 Å². The van der Waals surface area contributed by atoms with Gasteiger partial charge in [0.1, 0.15) is 47.8 Å². The standard InChI is InChI=1S/C34H60O14/c1-19(14-10-12-16-23(35)47-33(4,5)6)43-32-30(28(40)26(38)21(3)45-32)42-18-22(15-11-13-17-24(36)48-34(7,8)9)46-31-29(41)27(39)25(37)20(2)44-31/h13,17,19-22,25-32,37-41H,10-12,14-16,18H2,1-9H3/b17-13+/t19?,20?,21?,22?,25-,26+,27?,28?,29+,30+,31+,32-/m1/s1. The molecule has 5 N–H and O–H groups in total. The van der Waals surface area contributed by atoms with Crippen LogP contribution in [-0.4, -0.2) is 129 Å². The van der Waals surface area contributed by atoms with Crippen molar-refractivity contribution in [3.05, 3.63) is 12.2 Å². The van der Waals surface area contributed by atoms with Gasteiger partial charge >= 0.3 is 11.9 Å². The van der Waals surface area contributed by atoms with Crippen LogP contribution in [0.1, 0.15) is 101 Å². The van der Waals surface area contributed by atoms with Gasteiger partial charge < -0.3 is 58.7 Å². The zero-order valence-electron chi connectivity index (χ0n) is 29.9. The smallest absolute Gasteiger partial charge is 0.330 e. The summed E-state index contributed by atoms with van der Waals surface area (Å²) in [5.41, 5.74) is -1.20. The molecule has 14 heteroatoms. The van der Waals surface area contributed by atoms with Gasteiger partial charge in [-0.25, -0.2) is 4.79 Å². The molecule has 14 nitrogen and oxygen atoms in total. The van der Waals surface area contributed by atoms with E-state index in [-0.39, 0.29) is 31.5 Å². The fourth-order valence-electron chi connectivity index (χ4n) is 5.20. The van der Waals surface area contributed by atoms with E-state index in [4.69, 9.17) is 33.2 Å². The van der Waals surface area contributed by atoms with Gasteiger partial charge in [0.25, 0.3) is 0 Å². The zero-order chi connectivity index (χ0) is 36.4. The fourth-order valence-corrected chi connectivity index (χ4v) is 5.20. The maximum Gasteiger partial charge on any atom is 0.330 e. The average Bonchev–Trinajstić information content (AvgIpc) is 2.95. The number of hydrogen-bond donors (Lipinski definition) is 5. The Labute approximate surface area is 284 Å². The average molecular weight is 693 g/mol. The van der Waals surface area contributed by atoms with Gasteiger partial charge in [-0.2, -0.15) is 0 Å². The summed E-state index contributed by atoms with van der Waals surface area (Å²) in [6.45, 7) is 15.5. The lowest BCUT2D eigenvalue weighted by Crippen LogP contribution is -2.59. The molecule has 6 unspecified atom stereocenters. The molecule has 48 heavy (non-hydrogen) atoms. The van der Waals surface area contributed by atoms with E-state index < -0.39 is 84.7 Å². The molecule has 0 saturated carbocycles. The van der Waals surface area contributed by atoms with Crippen LogP contribution in [0.2, 0.25) is 0 Å². The second-order valence-electron chi connectivity index (χ2n) is 14.7. The van der Waals surface area contributed by atoms with Crippen molar-refractivity contribution in [2.24, 2.45) is 0 Å². The quantitative estimate of drug-likeness (QED) is 0.0894. The molecule has 0 bridgehead atoms. The van der Waals surface area contributed by atoms with Gasteiger partial charge in [0.2, 0.25) is 0 Å². The lowest BCUT2D eigenvalue weighted by Gasteiger charge is -2.43. The zero-order valence-corrected chi connectivity index (χ0v) is 29.9. The molecule has 0 aliphatic carbocycles. The van der Waals surface area contributed by atoms with Crippen LogP contribution in [0.15, 0.2) is 12.2 Å². The normalized spacial score (nSPS) is 33.0. The minimum Gasteiger partial charge on any atom is -0.460 e. The Morgan fingerprint density at radius 1 is 0.750 bits per heavy atom. The summed E-state index contributed by atoms with van der Waals surface area (Å²) in [5.74, 6) is -0.785. The molecule has 0 spiro atoms. The van der Waals surface area contributed by atoms with Crippen LogP contribution in [0.25, 0.3) is 0 Å². The Morgan fingerprint density at radius 2 is 1.33 bits per heavy atom. The number of esters is 2. The first-order valence-electron chi connectivity index (χ1n) is 16.9. The van der Waals surface area contributed by atoms with Crippen molar-refractivity contribution in [3.63, 3.8) is 0 Å². The molecular formula is C34H60O14. The Bertz CT molecular complexity index is 1010. The Morgan fingerprint density at radius 3 is 1.94 bits per heavy atom. The number of allylic oxidation sites excluding steroid dienone is 1. The van der Waals surface area contributed by atoms with E-state index in [1.54, 1.807) is 33.8 Å². The highest BCUT2D eigenvalue weighted by Crippen LogP contribution is 2.28. The van der Waals surface area contributed by atoms with Gasteiger partial charge in [-0.05, 0) is 88.0 Å². The molecule has 280 valence electrons. The largest absolute Gasteiger partial charge is 0.460 e. The van der Waals surface area contributed by atoms with Crippen molar-refractivity contribution >= 4 is 11.9 Å². The molecule has 0 aromatic heterocycles. The molecule has 0 aromatic rings. The van der Waals surface area contributed by atoms with Crippen LogP contribution in [0.4, 0.5) is 0 Å². The van der Waals surface area contributed by atoms with Crippen molar-refractivity contribution in [1.82, 2.24) is 0 Å². The summed E-state index contributed by atoms with van der Waals surface area (Å²) in [7, 11) is 0.